The number of hydrogen-bond donors (Lipinski definition) is 0. The Morgan fingerprint density at radius 3 is 2.76 bits per heavy atom. The number of benzene rings is 1. The third-order valence-corrected chi connectivity index (χ3v) is 6.61. The number of aromatic nitrogens is 2. The first-order chi connectivity index (χ1) is 16.7. The highest BCUT2D eigenvalue weighted by molar-refractivity contribution is 5.95. The minimum Gasteiger partial charge on any atom is -0.496 e. The van der Waals surface area contributed by atoms with E-state index in [1.807, 2.05) is 53.4 Å². The minimum atomic E-state index is 0.0579. The summed E-state index contributed by atoms with van der Waals surface area (Å²) in [6.45, 7) is 4.39. The highest BCUT2D eigenvalue weighted by atomic mass is 16.5. The predicted molar refractivity (Wildman–Crippen MR) is 131 cm³/mol. The van der Waals surface area contributed by atoms with Crippen LogP contribution in [0.3, 0.4) is 0 Å². The number of carbonyl (C=O) groups excluding carboxylic acids is 1. The summed E-state index contributed by atoms with van der Waals surface area (Å²) >= 11 is 0. The van der Waals surface area contributed by atoms with Crippen molar-refractivity contribution in [2.45, 2.75) is 18.8 Å². The largest absolute Gasteiger partial charge is 0.496 e. The number of carbonyl (C=O) groups is 1. The molecule has 0 radical (unpaired) electrons. The van der Waals surface area contributed by atoms with Gasteiger partial charge in [0.25, 0.3) is 5.91 Å². The third kappa shape index (κ3) is 4.75. The number of likely N-dealkylation sites (tertiary alicyclic amines) is 1. The zero-order valence-electron chi connectivity index (χ0n) is 19.5. The topological polar surface area (TPSA) is 67.8 Å². The van der Waals surface area contributed by atoms with Gasteiger partial charge in [-0.1, -0.05) is 18.2 Å². The average Bonchev–Trinajstić information content (AvgIpc) is 2.93. The lowest BCUT2D eigenvalue weighted by Crippen LogP contribution is -2.40. The fourth-order valence-corrected chi connectivity index (χ4v) is 4.79. The molecule has 4 heterocycles. The molecular weight excluding hydrogens is 428 g/mol. The third-order valence-electron chi connectivity index (χ3n) is 6.61. The summed E-state index contributed by atoms with van der Waals surface area (Å²) < 4.78 is 11.0. The number of piperidine rings is 1. The fourth-order valence-electron chi connectivity index (χ4n) is 4.79. The van der Waals surface area contributed by atoms with Gasteiger partial charge in [-0.3, -0.25) is 9.78 Å². The number of anilines is 1. The molecule has 5 rings (SSSR count). The molecule has 1 atom stereocenters. The van der Waals surface area contributed by atoms with E-state index in [1.54, 1.807) is 13.3 Å². The Kier molecular flexibility index (Phi) is 6.72. The molecule has 3 aromatic rings. The van der Waals surface area contributed by atoms with Crippen LogP contribution >= 0.6 is 0 Å². The van der Waals surface area contributed by atoms with E-state index in [9.17, 15) is 4.79 Å². The predicted octanol–water partition coefficient (Wildman–Crippen LogP) is 4.01. The second kappa shape index (κ2) is 10.2. The number of morpholine rings is 1. The molecule has 0 spiro atoms. The van der Waals surface area contributed by atoms with Gasteiger partial charge >= 0.3 is 0 Å². The van der Waals surface area contributed by atoms with E-state index in [0.29, 0.717) is 25.3 Å². The monoisotopic (exact) mass is 458 g/mol. The summed E-state index contributed by atoms with van der Waals surface area (Å²) in [4.78, 5) is 27.0. The van der Waals surface area contributed by atoms with E-state index in [4.69, 9.17) is 14.5 Å². The summed E-state index contributed by atoms with van der Waals surface area (Å²) in [7, 11) is 1.68. The smallest absolute Gasteiger partial charge is 0.254 e. The van der Waals surface area contributed by atoms with Crippen LogP contribution in [0.15, 0.2) is 60.8 Å². The number of ether oxygens (including phenoxy) is 2. The van der Waals surface area contributed by atoms with Gasteiger partial charge in [-0.2, -0.15) is 0 Å². The summed E-state index contributed by atoms with van der Waals surface area (Å²) in [5, 5.41) is 0. The molecule has 2 aliphatic rings. The van der Waals surface area contributed by atoms with E-state index in [0.717, 1.165) is 61.0 Å². The van der Waals surface area contributed by atoms with Gasteiger partial charge < -0.3 is 19.3 Å². The summed E-state index contributed by atoms with van der Waals surface area (Å²) in [6, 6.07) is 17.8. The highest BCUT2D eigenvalue weighted by Gasteiger charge is 2.27. The summed E-state index contributed by atoms with van der Waals surface area (Å²) in [5.41, 5.74) is 3.57. The van der Waals surface area contributed by atoms with Gasteiger partial charge in [-0.05, 0) is 49.2 Å². The lowest BCUT2D eigenvalue weighted by Gasteiger charge is -2.33. The van der Waals surface area contributed by atoms with Crippen molar-refractivity contribution < 1.29 is 14.3 Å². The molecule has 2 saturated heterocycles. The first-order valence-corrected chi connectivity index (χ1v) is 11.9. The molecule has 0 unspecified atom stereocenters. The van der Waals surface area contributed by atoms with Gasteiger partial charge in [-0.25, -0.2) is 4.98 Å². The van der Waals surface area contributed by atoms with Crippen LogP contribution in [-0.2, 0) is 4.74 Å². The molecule has 2 aromatic heterocycles. The van der Waals surface area contributed by atoms with E-state index < -0.39 is 0 Å². The number of hydrogen-bond acceptors (Lipinski definition) is 6. The molecule has 2 aliphatic heterocycles. The van der Waals surface area contributed by atoms with Gasteiger partial charge in [0.15, 0.2) is 0 Å². The van der Waals surface area contributed by atoms with Crippen molar-refractivity contribution in [1.82, 2.24) is 14.9 Å². The molecule has 0 saturated carbocycles. The van der Waals surface area contributed by atoms with Crippen molar-refractivity contribution >= 4 is 11.7 Å². The Morgan fingerprint density at radius 1 is 1.06 bits per heavy atom. The Morgan fingerprint density at radius 2 is 1.91 bits per heavy atom. The molecule has 34 heavy (non-hydrogen) atoms. The SMILES string of the molecule is COc1ccccc1-c1cccc([C@@H]2CCCN(C(=O)c3ccnc(N4CCOCC4)c3)C2)n1. The van der Waals surface area contributed by atoms with E-state index in [1.165, 1.54) is 0 Å². The van der Waals surface area contributed by atoms with Crippen LogP contribution in [0.25, 0.3) is 11.3 Å². The quantitative estimate of drug-likeness (QED) is 0.576. The van der Waals surface area contributed by atoms with Gasteiger partial charge in [0.2, 0.25) is 0 Å². The number of para-hydroxylation sites is 1. The second-order valence-electron chi connectivity index (χ2n) is 8.74. The van der Waals surface area contributed by atoms with Crippen LogP contribution in [0.1, 0.15) is 34.8 Å². The number of amides is 1. The van der Waals surface area contributed by atoms with E-state index in [2.05, 4.69) is 16.0 Å². The molecule has 2 fully saturated rings. The van der Waals surface area contributed by atoms with Crippen molar-refractivity contribution in [2.24, 2.45) is 0 Å². The Hall–Kier alpha value is -3.45. The standard InChI is InChI=1S/C27H30N4O3/c1-33-25-10-3-2-7-22(25)24-9-4-8-23(29-24)21-6-5-13-31(19-21)27(32)20-11-12-28-26(18-20)30-14-16-34-17-15-30/h2-4,7-12,18,21H,5-6,13-17,19H2,1H3/t21-/m1/s1. The van der Waals surface area contributed by atoms with Crippen LogP contribution in [-0.4, -0.2) is 67.3 Å². The summed E-state index contributed by atoms with van der Waals surface area (Å²) in [6.07, 6.45) is 3.71. The van der Waals surface area contributed by atoms with E-state index in [-0.39, 0.29) is 11.8 Å². The molecule has 7 heteroatoms. The Balaban J connectivity index is 1.33. The van der Waals surface area contributed by atoms with Gasteiger partial charge in [0.05, 0.1) is 26.0 Å². The van der Waals surface area contributed by atoms with Gasteiger partial charge in [0.1, 0.15) is 11.6 Å². The lowest BCUT2D eigenvalue weighted by molar-refractivity contribution is 0.0706. The molecule has 0 bridgehead atoms. The maximum Gasteiger partial charge on any atom is 0.254 e. The van der Waals surface area contributed by atoms with Crippen molar-refractivity contribution in [3.05, 3.63) is 72.1 Å². The lowest BCUT2D eigenvalue weighted by atomic mass is 9.93. The average molecular weight is 459 g/mol. The molecular formula is C27H30N4O3. The number of pyridine rings is 2. The Bertz CT molecular complexity index is 1150. The van der Waals surface area contributed by atoms with Crippen LogP contribution in [0.5, 0.6) is 5.75 Å². The van der Waals surface area contributed by atoms with Crippen molar-refractivity contribution in [3.63, 3.8) is 0 Å². The van der Waals surface area contributed by atoms with Crippen molar-refractivity contribution in [3.8, 4) is 17.0 Å². The summed E-state index contributed by atoms with van der Waals surface area (Å²) in [5.74, 6) is 1.91. The Labute approximate surface area is 200 Å². The molecule has 1 amide bonds. The number of nitrogens with zero attached hydrogens (tertiary/aromatic N) is 4. The minimum absolute atomic E-state index is 0.0579. The van der Waals surface area contributed by atoms with Crippen LogP contribution < -0.4 is 9.64 Å². The number of rotatable bonds is 5. The second-order valence-corrected chi connectivity index (χ2v) is 8.74. The maximum absolute atomic E-state index is 13.4. The van der Waals surface area contributed by atoms with Crippen LogP contribution in [0, 0.1) is 0 Å². The first kappa shape index (κ1) is 22.3. The molecule has 7 nitrogen and oxygen atoms in total. The zero-order valence-corrected chi connectivity index (χ0v) is 19.5. The molecule has 1 aromatic carbocycles. The molecule has 0 N–H and O–H groups in total. The van der Waals surface area contributed by atoms with Crippen molar-refractivity contribution in [2.75, 3.05) is 51.4 Å². The highest BCUT2D eigenvalue weighted by Crippen LogP contribution is 2.32. The molecule has 0 aliphatic carbocycles. The van der Waals surface area contributed by atoms with Gasteiger partial charge in [-0.15, -0.1) is 0 Å². The van der Waals surface area contributed by atoms with E-state index >= 15 is 0 Å². The molecule has 176 valence electrons. The van der Waals surface area contributed by atoms with Crippen LogP contribution in [0.4, 0.5) is 5.82 Å². The maximum atomic E-state index is 13.4. The normalized spacial score (nSPS) is 18.6. The van der Waals surface area contributed by atoms with Crippen molar-refractivity contribution in [1.29, 1.82) is 0 Å². The first-order valence-electron chi connectivity index (χ1n) is 11.9. The number of methoxy groups -OCH3 is 1. The van der Waals surface area contributed by atoms with Crippen LogP contribution in [0.2, 0.25) is 0 Å². The van der Waals surface area contributed by atoms with Gasteiger partial charge in [0, 0.05) is 55.1 Å². The zero-order chi connectivity index (χ0) is 23.3. The fraction of sp³-hybridized carbons (Fsp3) is 0.370.